The molecule has 0 atom stereocenters. The fourth-order valence-corrected chi connectivity index (χ4v) is 1.91. The van der Waals surface area contributed by atoms with Gasteiger partial charge in [-0.15, -0.1) is 0 Å². The van der Waals surface area contributed by atoms with E-state index in [2.05, 4.69) is 10.0 Å². The summed E-state index contributed by atoms with van der Waals surface area (Å²) in [5.41, 5.74) is 8.61. The van der Waals surface area contributed by atoms with Crippen LogP contribution in [0.1, 0.15) is 11.1 Å². The second-order valence-electron chi connectivity index (χ2n) is 3.98. The van der Waals surface area contributed by atoms with Crippen LogP contribution in [-0.2, 0) is 5.60 Å². The normalized spacial score (nSPS) is 10.7. The minimum Gasteiger partial charge on any atom is -0.380 e. The smallest absolute Gasteiger partial charge is 0.120 e. The van der Waals surface area contributed by atoms with Crippen molar-refractivity contribution in [1.82, 2.24) is 0 Å². The average molecular weight is 239 g/mol. The van der Waals surface area contributed by atoms with E-state index in [9.17, 15) is 5.11 Å². The Bertz CT molecular complexity index is 508. The van der Waals surface area contributed by atoms with Crippen LogP contribution < -0.4 is 0 Å². The molecule has 4 heteroatoms. The second-order valence-corrected chi connectivity index (χ2v) is 3.98. The van der Waals surface area contributed by atoms with Crippen molar-refractivity contribution in [1.29, 1.82) is 0 Å². The van der Waals surface area contributed by atoms with Gasteiger partial charge in [-0.2, -0.15) is 0 Å². The lowest BCUT2D eigenvalue weighted by atomic mass is 9.86. The lowest BCUT2D eigenvalue weighted by molar-refractivity contribution is 0.0903. The molecule has 2 aromatic carbocycles. The predicted octanol–water partition coefficient (Wildman–Crippen LogP) is 3.23. The summed E-state index contributed by atoms with van der Waals surface area (Å²) in [6, 6.07) is 18.4. The van der Waals surface area contributed by atoms with Gasteiger partial charge < -0.3 is 5.11 Å². The van der Waals surface area contributed by atoms with Crippen LogP contribution in [0, 0.1) is 0 Å². The number of rotatable bonds is 4. The topological polar surface area (TPSA) is 69.0 Å². The highest BCUT2D eigenvalue weighted by Gasteiger charge is 2.30. The van der Waals surface area contributed by atoms with Gasteiger partial charge in [0.25, 0.3) is 0 Å². The molecule has 0 radical (unpaired) electrons. The molecule has 0 aliphatic heterocycles. The number of nitrogens with zero attached hydrogens (tertiary/aromatic N) is 3. The molecule has 0 saturated heterocycles. The van der Waals surface area contributed by atoms with E-state index in [-0.39, 0.29) is 6.54 Å². The van der Waals surface area contributed by atoms with Crippen molar-refractivity contribution in [3.63, 3.8) is 0 Å². The molecule has 0 spiro atoms. The van der Waals surface area contributed by atoms with Gasteiger partial charge in [0.15, 0.2) is 0 Å². The Morgan fingerprint density at radius 2 is 1.39 bits per heavy atom. The maximum absolute atomic E-state index is 10.8. The van der Waals surface area contributed by atoms with Crippen LogP contribution in [0.4, 0.5) is 0 Å². The standard InChI is InChI=1S/C14H13N3O/c15-17-16-11-14(18,12-7-3-1-4-8-12)13-9-5-2-6-10-13/h1-10,18H,11H2. The molecule has 2 rings (SSSR count). The van der Waals surface area contributed by atoms with Crippen LogP contribution in [0.15, 0.2) is 65.8 Å². The first-order chi connectivity index (χ1) is 8.77. The van der Waals surface area contributed by atoms with E-state index >= 15 is 0 Å². The highest BCUT2D eigenvalue weighted by atomic mass is 16.3. The summed E-state index contributed by atoms with van der Waals surface area (Å²) in [6.07, 6.45) is 0. The van der Waals surface area contributed by atoms with E-state index in [4.69, 9.17) is 5.53 Å². The van der Waals surface area contributed by atoms with Gasteiger partial charge >= 0.3 is 0 Å². The molecule has 2 aromatic rings. The van der Waals surface area contributed by atoms with E-state index < -0.39 is 5.60 Å². The first kappa shape index (κ1) is 12.2. The van der Waals surface area contributed by atoms with Crippen LogP contribution in [0.5, 0.6) is 0 Å². The molecule has 1 N–H and O–H groups in total. The Kier molecular flexibility index (Phi) is 3.63. The molecule has 0 bridgehead atoms. The summed E-state index contributed by atoms with van der Waals surface area (Å²) in [5.74, 6) is 0. The molecule has 0 unspecified atom stereocenters. The van der Waals surface area contributed by atoms with E-state index in [1.165, 1.54) is 0 Å². The second kappa shape index (κ2) is 5.36. The maximum atomic E-state index is 10.8. The summed E-state index contributed by atoms with van der Waals surface area (Å²) < 4.78 is 0. The Morgan fingerprint density at radius 1 is 0.944 bits per heavy atom. The Morgan fingerprint density at radius 3 is 1.78 bits per heavy atom. The highest BCUT2D eigenvalue weighted by Crippen LogP contribution is 2.29. The van der Waals surface area contributed by atoms with Crippen LogP contribution >= 0.6 is 0 Å². The van der Waals surface area contributed by atoms with Gasteiger partial charge in [0.1, 0.15) is 5.60 Å². The molecule has 18 heavy (non-hydrogen) atoms. The molecule has 4 nitrogen and oxygen atoms in total. The number of aliphatic hydroxyl groups is 1. The van der Waals surface area contributed by atoms with Crippen LogP contribution in [0.25, 0.3) is 10.4 Å². The molecule has 0 aromatic heterocycles. The summed E-state index contributed by atoms with van der Waals surface area (Å²) in [6.45, 7) is -0.0302. The molecule has 0 amide bonds. The molecular formula is C14H13N3O. The molecule has 0 aliphatic carbocycles. The van der Waals surface area contributed by atoms with Crippen molar-refractivity contribution in [3.05, 3.63) is 82.2 Å². The van der Waals surface area contributed by atoms with E-state index in [1.54, 1.807) is 0 Å². The van der Waals surface area contributed by atoms with Crippen LogP contribution in [-0.4, -0.2) is 11.7 Å². The zero-order valence-electron chi connectivity index (χ0n) is 9.77. The van der Waals surface area contributed by atoms with Crippen molar-refractivity contribution in [2.75, 3.05) is 6.54 Å². The van der Waals surface area contributed by atoms with Crippen molar-refractivity contribution in [2.24, 2.45) is 5.11 Å². The summed E-state index contributed by atoms with van der Waals surface area (Å²) in [7, 11) is 0. The Hall–Kier alpha value is -2.29. The van der Waals surface area contributed by atoms with Crippen molar-refractivity contribution >= 4 is 0 Å². The van der Waals surface area contributed by atoms with Gasteiger partial charge in [-0.1, -0.05) is 65.8 Å². The molecule has 90 valence electrons. The quantitative estimate of drug-likeness (QED) is 0.496. The number of hydrogen-bond acceptors (Lipinski definition) is 2. The maximum Gasteiger partial charge on any atom is 0.120 e. The molecule has 0 fully saturated rings. The number of benzene rings is 2. The fourth-order valence-electron chi connectivity index (χ4n) is 1.91. The monoisotopic (exact) mass is 239 g/mol. The van der Waals surface area contributed by atoms with Crippen LogP contribution in [0.3, 0.4) is 0 Å². The molecule has 0 saturated carbocycles. The minimum atomic E-state index is -1.28. The molecule has 0 aliphatic rings. The van der Waals surface area contributed by atoms with Crippen LogP contribution in [0.2, 0.25) is 0 Å². The van der Waals surface area contributed by atoms with Gasteiger partial charge in [-0.25, -0.2) is 0 Å². The number of azide groups is 1. The minimum absolute atomic E-state index is 0.0302. The predicted molar refractivity (Wildman–Crippen MR) is 69.9 cm³/mol. The lowest BCUT2D eigenvalue weighted by Crippen LogP contribution is -2.30. The van der Waals surface area contributed by atoms with Gasteiger partial charge in [0, 0.05) is 4.91 Å². The van der Waals surface area contributed by atoms with Gasteiger partial charge in [0.05, 0.1) is 6.54 Å². The van der Waals surface area contributed by atoms with Crippen molar-refractivity contribution in [2.45, 2.75) is 5.60 Å². The molecular weight excluding hydrogens is 226 g/mol. The first-order valence-electron chi connectivity index (χ1n) is 5.61. The Balaban J connectivity index is 2.51. The highest BCUT2D eigenvalue weighted by molar-refractivity contribution is 5.36. The summed E-state index contributed by atoms with van der Waals surface area (Å²) >= 11 is 0. The summed E-state index contributed by atoms with van der Waals surface area (Å²) in [4.78, 5) is 2.74. The zero-order valence-corrected chi connectivity index (χ0v) is 9.77. The zero-order chi connectivity index (χ0) is 12.8. The third-order valence-electron chi connectivity index (χ3n) is 2.87. The first-order valence-corrected chi connectivity index (χ1v) is 5.61. The number of hydrogen-bond donors (Lipinski definition) is 1. The van der Waals surface area contributed by atoms with Gasteiger partial charge in [-0.05, 0) is 16.7 Å². The molecule has 0 heterocycles. The lowest BCUT2D eigenvalue weighted by Gasteiger charge is -2.27. The van der Waals surface area contributed by atoms with Gasteiger partial charge in [0.2, 0.25) is 0 Å². The van der Waals surface area contributed by atoms with E-state index in [0.717, 1.165) is 0 Å². The van der Waals surface area contributed by atoms with Gasteiger partial charge in [-0.3, -0.25) is 0 Å². The average Bonchev–Trinajstić information content (AvgIpc) is 2.46. The Labute approximate surface area is 105 Å². The van der Waals surface area contributed by atoms with E-state index in [1.807, 2.05) is 60.7 Å². The van der Waals surface area contributed by atoms with E-state index in [0.29, 0.717) is 11.1 Å². The van der Waals surface area contributed by atoms with Crippen molar-refractivity contribution < 1.29 is 5.11 Å². The third-order valence-corrected chi connectivity index (χ3v) is 2.87. The summed E-state index contributed by atoms with van der Waals surface area (Å²) in [5, 5.41) is 14.3. The van der Waals surface area contributed by atoms with Crippen molar-refractivity contribution in [3.8, 4) is 0 Å². The SMILES string of the molecule is [N-]=[N+]=NCC(O)(c1ccccc1)c1ccccc1. The fraction of sp³-hybridized carbons (Fsp3) is 0.143. The largest absolute Gasteiger partial charge is 0.380 e. The third kappa shape index (κ3) is 2.35.